The van der Waals surface area contributed by atoms with Gasteiger partial charge in [-0.1, -0.05) is 42.5 Å². The molecule has 1 heterocycles. The molecule has 0 saturated carbocycles. The molecular weight excluding hydrogens is 354 g/mol. The molecule has 2 N–H and O–H groups in total. The van der Waals surface area contributed by atoms with Crippen molar-refractivity contribution in [2.45, 2.75) is 19.9 Å². The van der Waals surface area contributed by atoms with Crippen molar-refractivity contribution in [2.24, 2.45) is 0 Å². The van der Waals surface area contributed by atoms with Gasteiger partial charge in [-0.3, -0.25) is 14.5 Å². The number of fused-ring (bicyclic) bond motifs is 1. The maximum atomic E-state index is 13.4. The topological polar surface area (TPSA) is 63.1 Å². The van der Waals surface area contributed by atoms with Crippen LogP contribution >= 0.6 is 0 Å². The molecule has 6 nitrogen and oxygen atoms in total. The number of carbonyl (C=O) groups excluding carboxylic acids is 2. The van der Waals surface area contributed by atoms with Gasteiger partial charge >= 0.3 is 0 Å². The highest BCUT2D eigenvalue weighted by Crippen LogP contribution is 2.39. The van der Waals surface area contributed by atoms with Crippen LogP contribution in [0.15, 0.2) is 54.6 Å². The Kier molecular flexibility index (Phi) is 6.66. The van der Waals surface area contributed by atoms with Crippen LogP contribution in [0.5, 0.6) is 5.75 Å². The van der Waals surface area contributed by atoms with Crippen LogP contribution in [0.4, 0.5) is 5.69 Å². The third-order valence-corrected chi connectivity index (χ3v) is 4.97. The molecule has 0 aromatic heterocycles. The predicted octanol–water partition coefficient (Wildman–Crippen LogP) is 1.19. The Hall–Kier alpha value is -2.86. The van der Waals surface area contributed by atoms with E-state index in [9.17, 15) is 9.59 Å². The Balaban J connectivity index is 1.85. The summed E-state index contributed by atoms with van der Waals surface area (Å²) in [5.74, 6) is 0.671. The largest absolute Gasteiger partial charge is 0.489 e. The average molecular weight is 382 g/mol. The normalized spacial score (nSPS) is 16.6. The zero-order valence-corrected chi connectivity index (χ0v) is 16.5. The summed E-state index contributed by atoms with van der Waals surface area (Å²) in [4.78, 5) is 28.1. The maximum Gasteiger partial charge on any atom is 0.282 e. The first-order valence-electron chi connectivity index (χ1n) is 9.83. The molecule has 6 heteroatoms. The summed E-state index contributed by atoms with van der Waals surface area (Å²) in [5.41, 5.74) is 1.81. The SMILES string of the molecule is CCNC(=O)C[NH+](CC)CC(=O)N1c2ccccc2OC[C@@H]1c1ccccc1. The van der Waals surface area contributed by atoms with Gasteiger partial charge in [0.25, 0.3) is 11.8 Å². The first kappa shape index (κ1) is 19.9. The number of quaternary nitrogens is 1. The maximum absolute atomic E-state index is 13.4. The third kappa shape index (κ3) is 4.51. The molecule has 0 fully saturated rings. The van der Waals surface area contributed by atoms with Crippen molar-refractivity contribution >= 4 is 17.5 Å². The van der Waals surface area contributed by atoms with Gasteiger partial charge in [-0.2, -0.15) is 0 Å². The number of amides is 2. The molecule has 2 atom stereocenters. The number of carbonyl (C=O) groups is 2. The van der Waals surface area contributed by atoms with Gasteiger partial charge in [-0.25, -0.2) is 0 Å². The van der Waals surface area contributed by atoms with Crippen molar-refractivity contribution in [1.29, 1.82) is 0 Å². The lowest BCUT2D eigenvalue weighted by atomic mass is 10.0. The molecule has 0 radical (unpaired) electrons. The van der Waals surface area contributed by atoms with Crippen LogP contribution in [0.25, 0.3) is 0 Å². The third-order valence-electron chi connectivity index (χ3n) is 4.97. The minimum Gasteiger partial charge on any atom is -0.489 e. The van der Waals surface area contributed by atoms with Crippen LogP contribution in [0.1, 0.15) is 25.5 Å². The molecule has 0 aliphatic carbocycles. The highest BCUT2D eigenvalue weighted by Gasteiger charge is 2.35. The van der Waals surface area contributed by atoms with Gasteiger partial charge in [-0.15, -0.1) is 0 Å². The zero-order chi connectivity index (χ0) is 19.9. The number of likely N-dealkylation sites (N-methyl/N-ethyl adjacent to an activating group) is 2. The highest BCUT2D eigenvalue weighted by atomic mass is 16.5. The van der Waals surface area contributed by atoms with Gasteiger partial charge in [0.05, 0.1) is 18.3 Å². The van der Waals surface area contributed by atoms with Crippen LogP contribution in [0.2, 0.25) is 0 Å². The minimum absolute atomic E-state index is 0.00856. The zero-order valence-electron chi connectivity index (χ0n) is 16.5. The number of anilines is 1. The van der Waals surface area contributed by atoms with Crippen LogP contribution in [-0.4, -0.2) is 44.6 Å². The fraction of sp³-hybridized carbons (Fsp3) is 0.364. The monoisotopic (exact) mass is 382 g/mol. The van der Waals surface area contributed by atoms with Gasteiger partial charge in [0, 0.05) is 6.54 Å². The lowest BCUT2D eigenvalue weighted by molar-refractivity contribution is -0.881. The molecular formula is C22H28N3O3+. The molecule has 1 aliphatic heterocycles. The second kappa shape index (κ2) is 9.37. The molecule has 2 aromatic rings. The van der Waals surface area contributed by atoms with Crippen LogP contribution in [-0.2, 0) is 9.59 Å². The first-order chi connectivity index (χ1) is 13.6. The Morgan fingerprint density at radius 3 is 2.50 bits per heavy atom. The molecule has 1 unspecified atom stereocenters. The van der Waals surface area contributed by atoms with Gasteiger partial charge in [0.2, 0.25) is 0 Å². The fourth-order valence-corrected chi connectivity index (χ4v) is 3.52. The van der Waals surface area contributed by atoms with Crippen molar-refractivity contribution in [3.63, 3.8) is 0 Å². The van der Waals surface area contributed by atoms with Crippen LogP contribution in [0, 0.1) is 0 Å². The van der Waals surface area contributed by atoms with Crippen molar-refractivity contribution in [3.05, 3.63) is 60.2 Å². The molecule has 1 aliphatic rings. The molecule has 0 saturated heterocycles. The van der Waals surface area contributed by atoms with Gasteiger partial charge < -0.3 is 15.0 Å². The van der Waals surface area contributed by atoms with Crippen molar-refractivity contribution in [1.82, 2.24) is 5.32 Å². The fourth-order valence-electron chi connectivity index (χ4n) is 3.52. The Labute approximate surface area is 166 Å². The van der Waals surface area contributed by atoms with E-state index in [4.69, 9.17) is 4.74 Å². The molecule has 148 valence electrons. The number of ether oxygens (including phenoxy) is 1. The number of rotatable bonds is 7. The van der Waals surface area contributed by atoms with E-state index in [1.807, 2.05) is 73.3 Å². The summed E-state index contributed by atoms with van der Waals surface area (Å²) in [7, 11) is 0. The standard InChI is InChI=1S/C22H27N3O3/c1-3-23-21(26)14-24(4-2)15-22(27)25-18-12-8-9-13-20(18)28-16-19(25)17-10-6-5-7-11-17/h5-13,19H,3-4,14-16H2,1-2H3,(H,23,26)/p+1/t19-/m1/s1. The van der Waals surface area contributed by atoms with E-state index in [1.165, 1.54) is 0 Å². The smallest absolute Gasteiger partial charge is 0.282 e. The number of hydrogen-bond acceptors (Lipinski definition) is 3. The van der Waals surface area contributed by atoms with Gasteiger partial charge in [0.15, 0.2) is 13.1 Å². The summed E-state index contributed by atoms with van der Waals surface area (Å²) in [6.07, 6.45) is 0. The summed E-state index contributed by atoms with van der Waals surface area (Å²) >= 11 is 0. The molecule has 0 bridgehead atoms. The molecule has 2 amide bonds. The number of para-hydroxylation sites is 2. The second-order valence-corrected chi connectivity index (χ2v) is 6.88. The van der Waals surface area contributed by atoms with Crippen molar-refractivity contribution in [3.8, 4) is 5.75 Å². The first-order valence-corrected chi connectivity index (χ1v) is 9.83. The Morgan fingerprint density at radius 2 is 1.79 bits per heavy atom. The van der Waals surface area contributed by atoms with E-state index < -0.39 is 0 Å². The average Bonchev–Trinajstić information content (AvgIpc) is 2.73. The van der Waals surface area contributed by atoms with Crippen molar-refractivity contribution in [2.75, 3.05) is 37.7 Å². The molecule has 3 rings (SSSR count). The van der Waals surface area contributed by atoms with Gasteiger partial charge in [0.1, 0.15) is 12.4 Å². The number of hydrogen-bond donors (Lipinski definition) is 2. The highest BCUT2D eigenvalue weighted by molar-refractivity contribution is 5.97. The molecule has 0 spiro atoms. The lowest BCUT2D eigenvalue weighted by Gasteiger charge is -2.37. The second-order valence-electron chi connectivity index (χ2n) is 6.88. The Morgan fingerprint density at radius 1 is 1.07 bits per heavy atom. The molecule has 28 heavy (non-hydrogen) atoms. The van der Waals surface area contributed by atoms with E-state index in [2.05, 4.69) is 5.32 Å². The van der Waals surface area contributed by atoms with Crippen LogP contribution in [0.3, 0.4) is 0 Å². The van der Waals surface area contributed by atoms with E-state index in [0.717, 1.165) is 16.2 Å². The Bertz CT molecular complexity index is 810. The number of nitrogens with one attached hydrogen (secondary N) is 2. The summed E-state index contributed by atoms with van der Waals surface area (Å²) in [6.45, 7) is 6.13. The number of nitrogens with zero attached hydrogens (tertiary/aromatic N) is 1. The van der Waals surface area contributed by atoms with Gasteiger partial charge in [-0.05, 0) is 31.5 Å². The quantitative estimate of drug-likeness (QED) is 0.756. The van der Waals surface area contributed by atoms with E-state index in [1.54, 1.807) is 0 Å². The van der Waals surface area contributed by atoms with E-state index >= 15 is 0 Å². The molecule has 2 aromatic carbocycles. The van der Waals surface area contributed by atoms with E-state index in [-0.39, 0.29) is 30.9 Å². The number of benzene rings is 2. The summed E-state index contributed by atoms with van der Waals surface area (Å²) < 4.78 is 5.93. The van der Waals surface area contributed by atoms with Crippen molar-refractivity contribution < 1.29 is 19.2 Å². The predicted molar refractivity (Wildman–Crippen MR) is 109 cm³/mol. The minimum atomic E-state index is -0.189. The lowest BCUT2D eigenvalue weighted by Crippen LogP contribution is -3.14. The van der Waals surface area contributed by atoms with E-state index in [0.29, 0.717) is 25.4 Å². The summed E-state index contributed by atoms with van der Waals surface area (Å²) in [6, 6.07) is 17.4. The summed E-state index contributed by atoms with van der Waals surface area (Å²) in [5, 5.41) is 2.81. The van der Waals surface area contributed by atoms with Crippen LogP contribution < -0.4 is 19.9 Å².